The zero-order valence-corrected chi connectivity index (χ0v) is 9.34. The van der Waals surface area contributed by atoms with Gasteiger partial charge in [-0.3, -0.25) is 0 Å². The summed E-state index contributed by atoms with van der Waals surface area (Å²) in [6.07, 6.45) is -2.56. The van der Waals surface area contributed by atoms with Crippen LogP contribution in [-0.4, -0.2) is 26.1 Å². The van der Waals surface area contributed by atoms with E-state index in [4.69, 9.17) is 4.74 Å². The minimum Gasteiger partial charge on any atom is -0.488 e. The van der Waals surface area contributed by atoms with E-state index in [0.29, 0.717) is 4.90 Å². The van der Waals surface area contributed by atoms with E-state index in [9.17, 15) is 13.6 Å². The highest BCUT2D eigenvalue weighted by Crippen LogP contribution is 2.21. The van der Waals surface area contributed by atoms with Gasteiger partial charge in [-0.2, -0.15) is 0 Å². The highest BCUT2D eigenvalue weighted by atomic mass is 32.1. The Hall–Kier alpha value is -1.30. The fourth-order valence-electron chi connectivity index (χ4n) is 1.04. The number of rotatable bonds is 4. The summed E-state index contributed by atoms with van der Waals surface area (Å²) < 4.78 is 33.1. The Morgan fingerprint density at radius 1 is 1.50 bits per heavy atom. The summed E-state index contributed by atoms with van der Waals surface area (Å²) in [5, 5.41) is 0. The maximum absolute atomic E-state index is 11.9. The molecule has 3 nitrogen and oxygen atoms in total. The molecule has 6 heteroatoms. The lowest BCUT2D eigenvalue weighted by molar-refractivity contribution is 0.0595. The highest BCUT2D eigenvalue weighted by molar-refractivity contribution is 7.80. The van der Waals surface area contributed by atoms with Crippen LogP contribution in [0.4, 0.5) is 8.78 Å². The molecule has 0 unspecified atom stereocenters. The molecule has 0 bridgehead atoms. The van der Waals surface area contributed by atoms with Gasteiger partial charge in [0.2, 0.25) is 0 Å². The van der Waals surface area contributed by atoms with Crippen molar-refractivity contribution >= 4 is 18.6 Å². The molecule has 0 N–H and O–H groups in total. The lowest BCUT2D eigenvalue weighted by Gasteiger charge is -2.08. The normalized spacial score (nSPS) is 10.3. The van der Waals surface area contributed by atoms with Crippen molar-refractivity contribution in [2.45, 2.75) is 11.3 Å². The van der Waals surface area contributed by atoms with Crippen molar-refractivity contribution in [1.29, 1.82) is 0 Å². The molecule has 1 aromatic rings. The molecule has 0 aliphatic heterocycles. The number of benzene rings is 1. The summed E-state index contributed by atoms with van der Waals surface area (Å²) in [5.74, 6) is -0.411. The first-order valence-corrected chi connectivity index (χ1v) is 4.81. The number of alkyl halides is 2. The van der Waals surface area contributed by atoms with E-state index in [1.165, 1.54) is 25.3 Å². The molecule has 16 heavy (non-hydrogen) atoms. The molecule has 0 saturated heterocycles. The van der Waals surface area contributed by atoms with Crippen molar-refractivity contribution in [3.8, 4) is 5.75 Å². The Morgan fingerprint density at radius 3 is 2.75 bits per heavy atom. The molecule has 0 heterocycles. The molecule has 88 valence electrons. The van der Waals surface area contributed by atoms with E-state index >= 15 is 0 Å². The summed E-state index contributed by atoms with van der Waals surface area (Å²) in [5.41, 5.74) is 0.178. The van der Waals surface area contributed by atoms with Crippen LogP contribution >= 0.6 is 12.6 Å². The van der Waals surface area contributed by atoms with Crippen LogP contribution in [-0.2, 0) is 4.74 Å². The van der Waals surface area contributed by atoms with E-state index in [-0.39, 0.29) is 11.3 Å². The molecular formula is C10H10F2O3S. The molecule has 0 atom stereocenters. The largest absolute Gasteiger partial charge is 0.488 e. The van der Waals surface area contributed by atoms with Gasteiger partial charge in [0.05, 0.1) is 12.7 Å². The van der Waals surface area contributed by atoms with Crippen molar-refractivity contribution in [3.63, 3.8) is 0 Å². The number of hydrogen-bond acceptors (Lipinski definition) is 4. The van der Waals surface area contributed by atoms with Gasteiger partial charge in [0.15, 0.2) is 0 Å². The summed E-state index contributed by atoms with van der Waals surface area (Å²) in [6, 6.07) is 4.25. The van der Waals surface area contributed by atoms with Crippen molar-refractivity contribution < 1.29 is 23.0 Å². The van der Waals surface area contributed by atoms with Crippen molar-refractivity contribution in [1.82, 2.24) is 0 Å². The van der Waals surface area contributed by atoms with Gasteiger partial charge in [0, 0.05) is 4.90 Å². The Morgan fingerprint density at radius 2 is 2.19 bits per heavy atom. The second-order valence-electron chi connectivity index (χ2n) is 2.87. The van der Waals surface area contributed by atoms with E-state index in [2.05, 4.69) is 17.4 Å². The number of ether oxygens (including phenoxy) is 2. The zero-order chi connectivity index (χ0) is 12.1. The molecule has 0 saturated carbocycles. The number of hydrogen-bond donors (Lipinski definition) is 1. The van der Waals surface area contributed by atoms with Crippen molar-refractivity contribution in [3.05, 3.63) is 23.8 Å². The standard InChI is InChI=1S/C10H10F2O3S/c1-14-10(13)7-4-6(2-3-8(7)16)15-5-9(11)12/h2-4,9,16H,5H2,1H3. The molecule has 1 aromatic carbocycles. The van der Waals surface area contributed by atoms with E-state index < -0.39 is 19.0 Å². The quantitative estimate of drug-likeness (QED) is 0.656. The minimum absolute atomic E-state index is 0.178. The van der Waals surface area contributed by atoms with Crippen LogP contribution in [0.5, 0.6) is 5.75 Å². The summed E-state index contributed by atoms with van der Waals surface area (Å²) >= 11 is 4.04. The Kier molecular flexibility index (Phi) is 4.54. The summed E-state index contributed by atoms with van der Waals surface area (Å²) in [4.78, 5) is 11.6. The predicted octanol–water partition coefficient (Wildman–Crippen LogP) is 2.41. The third-order valence-electron chi connectivity index (χ3n) is 1.75. The summed E-state index contributed by atoms with van der Waals surface area (Å²) in [6.45, 7) is -0.716. The number of carbonyl (C=O) groups excluding carboxylic acids is 1. The molecule has 0 spiro atoms. The average Bonchev–Trinajstić information content (AvgIpc) is 2.27. The predicted molar refractivity (Wildman–Crippen MR) is 56.5 cm³/mol. The van der Waals surface area contributed by atoms with Crippen LogP contribution in [0.2, 0.25) is 0 Å². The molecule has 0 aromatic heterocycles. The van der Waals surface area contributed by atoms with E-state index in [1.807, 2.05) is 0 Å². The van der Waals surface area contributed by atoms with Gasteiger partial charge < -0.3 is 9.47 Å². The van der Waals surface area contributed by atoms with Gasteiger partial charge >= 0.3 is 5.97 Å². The first kappa shape index (κ1) is 12.8. The second-order valence-corrected chi connectivity index (χ2v) is 3.35. The van der Waals surface area contributed by atoms with Crippen molar-refractivity contribution in [2.24, 2.45) is 0 Å². The zero-order valence-electron chi connectivity index (χ0n) is 8.44. The first-order chi connectivity index (χ1) is 7.54. The third kappa shape index (κ3) is 3.37. The number of methoxy groups -OCH3 is 1. The van der Waals surface area contributed by atoms with Gasteiger partial charge in [-0.1, -0.05) is 0 Å². The molecule has 0 aliphatic rings. The van der Waals surface area contributed by atoms with Gasteiger partial charge in [0.25, 0.3) is 6.43 Å². The number of carbonyl (C=O) groups is 1. The summed E-state index contributed by atoms with van der Waals surface area (Å²) in [7, 11) is 1.22. The van der Waals surface area contributed by atoms with Gasteiger partial charge in [-0.25, -0.2) is 13.6 Å². The van der Waals surface area contributed by atoms with E-state index in [1.54, 1.807) is 0 Å². The molecular weight excluding hydrogens is 238 g/mol. The van der Waals surface area contributed by atoms with Gasteiger partial charge in [-0.05, 0) is 18.2 Å². The lowest BCUT2D eigenvalue weighted by Crippen LogP contribution is -2.08. The number of esters is 1. The highest BCUT2D eigenvalue weighted by Gasteiger charge is 2.12. The van der Waals surface area contributed by atoms with Crippen molar-refractivity contribution in [2.75, 3.05) is 13.7 Å². The Bertz CT molecular complexity index is 382. The maximum Gasteiger partial charge on any atom is 0.339 e. The fourth-order valence-corrected chi connectivity index (χ4v) is 1.27. The van der Waals surface area contributed by atoms with E-state index in [0.717, 1.165) is 0 Å². The molecule has 0 radical (unpaired) electrons. The third-order valence-corrected chi connectivity index (χ3v) is 2.14. The molecule has 0 aliphatic carbocycles. The monoisotopic (exact) mass is 248 g/mol. The molecule has 0 fully saturated rings. The van der Waals surface area contributed by atoms with Gasteiger partial charge in [0.1, 0.15) is 12.4 Å². The maximum atomic E-state index is 11.9. The topological polar surface area (TPSA) is 35.5 Å². The minimum atomic E-state index is -2.56. The van der Waals surface area contributed by atoms with Crippen LogP contribution < -0.4 is 4.74 Å². The molecule has 0 amide bonds. The smallest absolute Gasteiger partial charge is 0.339 e. The molecule has 1 rings (SSSR count). The number of thiol groups is 1. The fraction of sp³-hybridized carbons (Fsp3) is 0.300. The van der Waals surface area contributed by atoms with Crippen LogP contribution in [0.25, 0.3) is 0 Å². The Labute approximate surface area is 96.8 Å². The second kappa shape index (κ2) is 5.69. The number of halogens is 2. The lowest BCUT2D eigenvalue weighted by atomic mass is 10.2. The van der Waals surface area contributed by atoms with Crippen LogP contribution in [0.1, 0.15) is 10.4 Å². The van der Waals surface area contributed by atoms with Crippen LogP contribution in [0, 0.1) is 0 Å². The van der Waals surface area contributed by atoms with Gasteiger partial charge in [-0.15, -0.1) is 12.6 Å². The van der Waals surface area contributed by atoms with Crippen LogP contribution in [0.3, 0.4) is 0 Å². The first-order valence-electron chi connectivity index (χ1n) is 4.37. The average molecular weight is 248 g/mol. The van der Waals surface area contributed by atoms with Crippen LogP contribution in [0.15, 0.2) is 23.1 Å². The SMILES string of the molecule is COC(=O)c1cc(OCC(F)F)ccc1S. The Balaban J connectivity index is 2.85.